The van der Waals surface area contributed by atoms with Crippen molar-refractivity contribution in [3.05, 3.63) is 53.6 Å². The molecule has 0 saturated heterocycles. The number of rotatable bonds is 4. The van der Waals surface area contributed by atoms with Gasteiger partial charge in [0.05, 0.1) is 11.8 Å². The summed E-state index contributed by atoms with van der Waals surface area (Å²) in [5.74, 6) is -2.90. The number of aliphatic hydroxyl groups excluding tert-OH is 1. The van der Waals surface area contributed by atoms with Crippen LogP contribution in [0.3, 0.4) is 0 Å². The molecular formula is C18H16F2N2O5. The summed E-state index contributed by atoms with van der Waals surface area (Å²) in [4.78, 5) is 23.6. The Labute approximate surface area is 152 Å². The number of carbonyl (C=O) groups excluding carboxylic acids is 2. The van der Waals surface area contributed by atoms with Gasteiger partial charge in [0.1, 0.15) is 24.8 Å². The van der Waals surface area contributed by atoms with E-state index in [1.165, 1.54) is 0 Å². The van der Waals surface area contributed by atoms with Crippen molar-refractivity contribution in [2.24, 2.45) is 0 Å². The van der Waals surface area contributed by atoms with Gasteiger partial charge in [-0.2, -0.15) is 0 Å². The quantitative estimate of drug-likeness (QED) is 0.701. The van der Waals surface area contributed by atoms with E-state index in [0.29, 0.717) is 30.3 Å². The molecule has 1 heterocycles. The van der Waals surface area contributed by atoms with E-state index in [1.54, 1.807) is 18.2 Å². The molecule has 0 aromatic heterocycles. The predicted octanol–water partition coefficient (Wildman–Crippen LogP) is 1.52. The molecule has 0 bridgehead atoms. The fraction of sp³-hybridized carbons (Fsp3) is 0.222. The van der Waals surface area contributed by atoms with Crippen LogP contribution in [-0.4, -0.2) is 36.7 Å². The Morgan fingerprint density at radius 1 is 1.04 bits per heavy atom. The first-order chi connectivity index (χ1) is 12.9. The van der Waals surface area contributed by atoms with Gasteiger partial charge < -0.3 is 25.2 Å². The maximum absolute atomic E-state index is 13.5. The van der Waals surface area contributed by atoms with E-state index in [0.717, 1.165) is 18.2 Å². The van der Waals surface area contributed by atoms with Crippen molar-refractivity contribution in [2.45, 2.75) is 6.10 Å². The molecule has 1 atom stereocenters. The lowest BCUT2D eigenvalue weighted by Gasteiger charge is -2.20. The van der Waals surface area contributed by atoms with Crippen LogP contribution in [0, 0.1) is 11.6 Å². The molecule has 2 amide bonds. The summed E-state index contributed by atoms with van der Waals surface area (Å²) in [6, 6.07) is 7.28. The second-order valence-electron chi connectivity index (χ2n) is 5.71. The van der Waals surface area contributed by atoms with Crippen molar-refractivity contribution in [3.8, 4) is 11.5 Å². The van der Waals surface area contributed by atoms with E-state index in [9.17, 15) is 23.5 Å². The Hall–Kier alpha value is -3.20. The second kappa shape index (κ2) is 8.00. The molecule has 7 nitrogen and oxygen atoms in total. The molecule has 0 aliphatic carbocycles. The van der Waals surface area contributed by atoms with E-state index in [-0.39, 0.29) is 6.54 Å². The lowest BCUT2D eigenvalue weighted by Crippen LogP contribution is -2.37. The molecule has 0 radical (unpaired) electrons. The fourth-order valence-electron chi connectivity index (χ4n) is 2.43. The number of aliphatic hydroxyl groups is 1. The van der Waals surface area contributed by atoms with Crippen molar-refractivity contribution in [3.63, 3.8) is 0 Å². The number of nitrogens with one attached hydrogen (secondary N) is 2. The van der Waals surface area contributed by atoms with Crippen LogP contribution in [0.4, 0.5) is 14.5 Å². The third-order valence-corrected chi connectivity index (χ3v) is 3.79. The number of fused-ring (bicyclic) bond motifs is 1. The second-order valence-corrected chi connectivity index (χ2v) is 5.71. The highest BCUT2D eigenvalue weighted by atomic mass is 19.1. The van der Waals surface area contributed by atoms with Gasteiger partial charge in [0.2, 0.25) is 0 Å². The number of hydrogen-bond donors (Lipinski definition) is 3. The largest absolute Gasteiger partial charge is 0.486 e. The fourth-order valence-corrected chi connectivity index (χ4v) is 2.43. The predicted molar refractivity (Wildman–Crippen MR) is 90.4 cm³/mol. The van der Waals surface area contributed by atoms with Gasteiger partial charge in [0.15, 0.2) is 11.5 Å². The van der Waals surface area contributed by atoms with Gasteiger partial charge in [-0.25, -0.2) is 8.78 Å². The molecule has 0 spiro atoms. The van der Waals surface area contributed by atoms with Crippen LogP contribution in [0.1, 0.15) is 11.7 Å². The minimum absolute atomic E-state index is 0.266. The third kappa shape index (κ3) is 4.50. The highest BCUT2D eigenvalue weighted by Crippen LogP contribution is 2.32. The van der Waals surface area contributed by atoms with Crippen molar-refractivity contribution >= 4 is 17.5 Å². The average molecular weight is 378 g/mol. The Kier molecular flexibility index (Phi) is 5.51. The Bertz CT molecular complexity index is 875. The number of carbonyl (C=O) groups is 2. The standard InChI is InChI=1S/C18H16F2N2O5/c19-11-2-3-12(20)13(8-11)22-18(25)17(24)21-9-14(23)10-1-4-15-16(7-10)27-6-5-26-15/h1-4,7-8,14,23H,5-6,9H2,(H,21,24)(H,22,25)/t14-/m1/s1. The normalized spacial score (nSPS) is 13.6. The Balaban J connectivity index is 1.56. The van der Waals surface area contributed by atoms with E-state index in [4.69, 9.17) is 9.47 Å². The molecule has 1 aliphatic rings. The van der Waals surface area contributed by atoms with Gasteiger partial charge in [0, 0.05) is 12.6 Å². The summed E-state index contributed by atoms with van der Waals surface area (Å²) in [6.45, 7) is 0.559. The molecule has 3 rings (SSSR count). The topological polar surface area (TPSA) is 96.9 Å². The summed E-state index contributed by atoms with van der Waals surface area (Å²) in [7, 11) is 0. The highest BCUT2D eigenvalue weighted by molar-refractivity contribution is 6.39. The van der Waals surface area contributed by atoms with Crippen LogP contribution in [0.25, 0.3) is 0 Å². The Morgan fingerprint density at radius 2 is 1.78 bits per heavy atom. The summed E-state index contributed by atoms with van der Waals surface area (Å²) in [5.41, 5.74) is -0.00123. The molecule has 2 aromatic rings. The van der Waals surface area contributed by atoms with Crippen LogP contribution in [0.5, 0.6) is 11.5 Å². The SMILES string of the molecule is O=C(NC[C@@H](O)c1ccc2c(c1)OCCO2)C(=O)Nc1cc(F)ccc1F. The molecule has 3 N–H and O–H groups in total. The summed E-state index contributed by atoms with van der Waals surface area (Å²) >= 11 is 0. The minimum Gasteiger partial charge on any atom is -0.486 e. The van der Waals surface area contributed by atoms with Gasteiger partial charge in [-0.1, -0.05) is 6.07 Å². The number of ether oxygens (including phenoxy) is 2. The van der Waals surface area contributed by atoms with Crippen molar-refractivity contribution < 1.29 is 33.0 Å². The zero-order valence-electron chi connectivity index (χ0n) is 14.0. The van der Waals surface area contributed by atoms with Crippen molar-refractivity contribution in [1.29, 1.82) is 0 Å². The average Bonchev–Trinajstić information content (AvgIpc) is 2.68. The molecule has 0 saturated carbocycles. The monoisotopic (exact) mass is 378 g/mol. The van der Waals surface area contributed by atoms with Gasteiger partial charge >= 0.3 is 11.8 Å². The van der Waals surface area contributed by atoms with E-state index < -0.39 is 35.2 Å². The first-order valence-corrected chi connectivity index (χ1v) is 8.06. The molecule has 27 heavy (non-hydrogen) atoms. The number of benzene rings is 2. The Morgan fingerprint density at radius 3 is 2.56 bits per heavy atom. The summed E-state index contributed by atoms with van der Waals surface area (Å²) in [5, 5.41) is 14.4. The minimum atomic E-state index is -1.19. The maximum Gasteiger partial charge on any atom is 0.313 e. The smallest absolute Gasteiger partial charge is 0.313 e. The zero-order valence-corrected chi connectivity index (χ0v) is 14.0. The van der Waals surface area contributed by atoms with Crippen molar-refractivity contribution in [2.75, 3.05) is 25.1 Å². The summed E-state index contributed by atoms with van der Waals surface area (Å²) in [6.07, 6.45) is -1.11. The van der Waals surface area contributed by atoms with Crippen LogP contribution in [0.2, 0.25) is 0 Å². The van der Waals surface area contributed by atoms with E-state index in [1.807, 2.05) is 5.32 Å². The van der Waals surface area contributed by atoms with Crippen LogP contribution in [0.15, 0.2) is 36.4 Å². The molecule has 9 heteroatoms. The van der Waals surface area contributed by atoms with Gasteiger partial charge in [-0.15, -0.1) is 0 Å². The van der Waals surface area contributed by atoms with E-state index >= 15 is 0 Å². The highest BCUT2D eigenvalue weighted by Gasteiger charge is 2.19. The van der Waals surface area contributed by atoms with Crippen molar-refractivity contribution in [1.82, 2.24) is 5.32 Å². The number of halogens is 2. The maximum atomic E-state index is 13.5. The zero-order chi connectivity index (χ0) is 19.4. The third-order valence-electron chi connectivity index (χ3n) is 3.79. The molecule has 0 unspecified atom stereocenters. The van der Waals surface area contributed by atoms with Gasteiger partial charge in [-0.05, 0) is 29.8 Å². The molecule has 142 valence electrons. The molecule has 2 aromatic carbocycles. The number of amides is 2. The van der Waals surface area contributed by atoms with Gasteiger partial charge in [-0.3, -0.25) is 9.59 Å². The number of hydrogen-bond acceptors (Lipinski definition) is 5. The van der Waals surface area contributed by atoms with Crippen LogP contribution < -0.4 is 20.1 Å². The first kappa shape index (κ1) is 18.6. The van der Waals surface area contributed by atoms with Crippen LogP contribution >= 0.6 is 0 Å². The molecular weight excluding hydrogens is 362 g/mol. The number of anilines is 1. The first-order valence-electron chi connectivity index (χ1n) is 8.06. The summed E-state index contributed by atoms with van der Waals surface area (Å²) < 4.78 is 37.4. The lowest BCUT2D eigenvalue weighted by molar-refractivity contribution is -0.136. The van der Waals surface area contributed by atoms with E-state index in [2.05, 4.69) is 5.32 Å². The van der Waals surface area contributed by atoms with Crippen LogP contribution in [-0.2, 0) is 9.59 Å². The van der Waals surface area contributed by atoms with Gasteiger partial charge in [0.25, 0.3) is 0 Å². The molecule has 0 fully saturated rings. The molecule has 1 aliphatic heterocycles. The lowest BCUT2D eigenvalue weighted by atomic mass is 10.1.